The van der Waals surface area contributed by atoms with Gasteiger partial charge in [0.1, 0.15) is 6.61 Å². The summed E-state index contributed by atoms with van der Waals surface area (Å²) in [5, 5.41) is 5.28. The monoisotopic (exact) mass is 273 g/mol. The Bertz CT molecular complexity index is 566. The van der Waals surface area contributed by atoms with E-state index in [-0.39, 0.29) is 12.6 Å². The van der Waals surface area contributed by atoms with E-state index in [0.717, 1.165) is 5.56 Å². The molecule has 6 nitrogen and oxygen atoms in total. The van der Waals surface area contributed by atoms with Gasteiger partial charge in [-0.15, -0.1) is 0 Å². The topological polar surface area (TPSA) is 80.3 Å². The predicted molar refractivity (Wildman–Crippen MR) is 72.5 cm³/mol. The van der Waals surface area contributed by atoms with E-state index in [9.17, 15) is 9.59 Å². The number of rotatable bonds is 4. The average Bonchev–Trinajstić information content (AvgIpc) is 2.45. The fraction of sp³-hybridized carbons (Fsp3) is 0.214. The van der Waals surface area contributed by atoms with Gasteiger partial charge in [0, 0.05) is 18.1 Å². The van der Waals surface area contributed by atoms with Gasteiger partial charge in [-0.3, -0.25) is 4.98 Å². The van der Waals surface area contributed by atoms with Crippen molar-refractivity contribution in [1.82, 2.24) is 15.6 Å². The molecule has 1 aromatic rings. The molecule has 0 saturated heterocycles. The molecule has 104 valence electrons. The second kappa shape index (κ2) is 6.01. The Morgan fingerprint density at radius 3 is 2.85 bits per heavy atom. The van der Waals surface area contributed by atoms with Gasteiger partial charge in [0.25, 0.3) is 0 Å². The van der Waals surface area contributed by atoms with Crippen molar-refractivity contribution in [3.8, 4) is 0 Å². The molecule has 6 heteroatoms. The number of urea groups is 1. The number of pyridine rings is 1. The van der Waals surface area contributed by atoms with Gasteiger partial charge < -0.3 is 15.4 Å². The third-order valence-electron chi connectivity index (χ3n) is 2.86. The van der Waals surface area contributed by atoms with Crippen molar-refractivity contribution in [2.24, 2.45) is 0 Å². The highest BCUT2D eigenvalue weighted by atomic mass is 16.5. The summed E-state index contributed by atoms with van der Waals surface area (Å²) in [5.74, 6) is -0.489. The van der Waals surface area contributed by atoms with Crippen LogP contribution in [0.2, 0.25) is 0 Å². The molecule has 20 heavy (non-hydrogen) atoms. The third kappa shape index (κ3) is 2.85. The van der Waals surface area contributed by atoms with Crippen molar-refractivity contribution in [2.45, 2.75) is 13.0 Å². The minimum atomic E-state index is -0.552. The molecular formula is C14H15N3O3. The van der Waals surface area contributed by atoms with Gasteiger partial charge in [-0.05, 0) is 24.6 Å². The molecule has 1 aliphatic rings. The van der Waals surface area contributed by atoms with E-state index in [1.54, 1.807) is 31.5 Å². The number of nitrogens with zero attached hydrogens (tertiary/aromatic N) is 1. The van der Waals surface area contributed by atoms with E-state index in [0.29, 0.717) is 11.3 Å². The van der Waals surface area contributed by atoms with Crippen LogP contribution < -0.4 is 10.6 Å². The molecule has 0 aliphatic carbocycles. The molecule has 1 aromatic heterocycles. The number of amides is 2. The summed E-state index contributed by atoms with van der Waals surface area (Å²) in [4.78, 5) is 27.6. The van der Waals surface area contributed by atoms with Crippen LogP contribution >= 0.6 is 0 Å². The van der Waals surface area contributed by atoms with Gasteiger partial charge in [-0.25, -0.2) is 9.59 Å². The molecule has 2 amide bonds. The molecular weight excluding hydrogens is 258 g/mol. The molecule has 1 aliphatic heterocycles. The van der Waals surface area contributed by atoms with Gasteiger partial charge in [0.2, 0.25) is 0 Å². The normalized spacial score (nSPS) is 18.1. The van der Waals surface area contributed by atoms with Gasteiger partial charge in [0.15, 0.2) is 0 Å². The zero-order valence-corrected chi connectivity index (χ0v) is 11.1. The fourth-order valence-corrected chi connectivity index (χ4v) is 1.98. The zero-order chi connectivity index (χ0) is 14.5. The molecule has 0 spiro atoms. The molecule has 0 saturated carbocycles. The Balaban J connectivity index is 2.36. The number of aromatic nitrogens is 1. The van der Waals surface area contributed by atoms with Crippen LogP contribution in [0.5, 0.6) is 0 Å². The van der Waals surface area contributed by atoms with Crippen LogP contribution in [0.3, 0.4) is 0 Å². The van der Waals surface area contributed by atoms with Crippen molar-refractivity contribution in [2.75, 3.05) is 6.61 Å². The quantitative estimate of drug-likeness (QED) is 0.642. The van der Waals surface area contributed by atoms with Crippen molar-refractivity contribution in [1.29, 1.82) is 0 Å². The number of esters is 1. The molecule has 0 aromatic carbocycles. The third-order valence-corrected chi connectivity index (χ3v) is 2.86. The SMILES string of the molecule is C=CCOC(=O)C1=C(C)NC(=O)N[C@H]1c1ccncc1. The summed E-state index contributed by atoms with van der Waals surface area (Å²) < 4.78 is 5.07. The maximum absolute atomic E-state index is 12.1. The number of ether oxygens (including phenoxy) is 1. The van der Waals surface area contributed by atoms with Crippen LogP contribution in [0.25, 0.3) is 0 Å². The summed E-state index contributed by atoms with van der Waals surface area (Å²) in [7, 11) is 0. The smallest absolute Gasteiger partial charge is 0.338 e. The highest BCUT2D eigenvalue weighted by molar-refractivity contribution is 5.95. The van der Waals surface area contributed by atoms with E-state index < -0.39 is 12.0 Å². The van der Waals surface area contributed by atoms with Crippen LogP contribution in [-0.2, 0) is 9.53 Å². The maximum atomic E-state index is 12.1. The summed E-state index contributed by atoms with van der Waals surface area (Å²) in [6, 6.07) is 2.57. The fourth-order valence-electron chi connectivity index (χ4n) is 1.98. The molecule has 2 heterocycles. The van der Waals surface area contributed by atoms with Crippen molar-refractivity contribution >= 4 is 12.0 Å². The van der Waals surface area contributed by atoms with E-state index in [1.165, 1.54) is 6.08 Å². The van der Waals surface area contributed by atoms with Crippen molar-refractivity contribution < 1.29 is 14.3 Å². The van der Waals surface area contributed by atoms with Gasteiger partial charge >= 0.3 is 12.0 Å². The van der Waals surface area contributed by atoms with Crippen LogP contribution in [0.1, 0.15) is 18.5 Å². The Kier molecular flexibility index (Phi) is 4.14. The Labute approximate surface area is 116 Å². The second-order valence-corrected chi connectivity index (χ2v) is 4.24. The predicted octanol–water partition coefficient (Wildman–Crippen LogP) is 1.44. The minimum absolute atomic E-state index is 0.118. The number of allylic oxidation sites excluding steroid dienone is 1. The maximum Gasteiger partial charge on any atom is 0.338 e. The van der Waals surface area contributed by atoms with E-state index >= 15 is 0 Å². The van der Waals surface area contributed by atoms with Crippen LogP contribution in [0.4, 0.5) is 4.79 Å². The van der Waals surface area contributed by atoms with E-state index in [2.05, 4.69) is 22.2 Å². The number of hydrogen-bond acceptors (Lipinski definition) is 4. The molecule has 0 unspecified atom stereocenters. The summed E-state index contributed by atoms with van der Waals surface area (Å²) in [5.41, 5.74) is 1.61. The first-order chi connectivity index (χ1) is 9.63. The molecule has 0 bridgehead atoms. The van der Waals surface area contributed by atoms with E-state index in [4.69, 9.17) is 4.74 Å². The first-order valence-electron chi connectivity index (χ1n) is 6.09. The highest BCUT2D eigenvalue weighted by Crippen LogP contribution is 2.26. The Morgan fingerprint density at radius 2 is 2.20 bits per heavy atom. The Hall–Kier alpha value is -2.63. The van der Waals surface area contributed by atoms with Crippen LogP contribution in [-0.4, -0.2) is 23.6 Å². The summed E-state index contributed by atoms with van der Waals surface area (Å²) in [6.45, 7) is 5.28. The molecule has 0 radical (unpaired) electrons. The average molecular weight is 273 g/mol. The number of hydrogen-bond donors (Lipinski definition) is 2. The number of carbonyl (C=O) groups is 2. The highest BCUT2D eigenvalue weighted by Gasteiger charge is 2.31. The molecule has 2 N–H and O–H groups in total. The lowest BCUT2D eigenvalue weighted by Gasteiger charge is -2.27. The second-order valence-electron chi connectivity index (χ2n) is 4.24. The van der Waals surface area contributed by atoms with Gasteiger partial charge in [-0.1, -0.05) is 12.7 Å². The lowest BCUT2D eigenvalue weighted by Crippen LogP contribution is -2.45. The Morgan fingerprint density at radius 1 is 1.50 bits per heavy atom. The van der Waals surface area contributed by atoms with Gasteiger partial charge in [-0.2, -0.15) is 0 Å². The van der Waals surface area contributed by atoms with E-state index in [1.807, 2.05) is 0 Å². The lowest BCUT2D eigenvalue weighted by molar-refractivity contribution is -0.138. The molecule has 2 rings (SSSR count). The summed E-state index contributed by atoms with van der Waals surface area (Å²) in [6.07, 6.45) is 4.70. The lowest BCUT2D eigenvalue weighted by atomic mass is 9.96. The first kappa shape index (κ1) is 13.8. The number of nitrogens with one attached hydrogen (secondary N) is 2. The summed E-state index contributed by atoms with van der Waals surface area (Å²) >= 11 is 0. The first-order valence-corrected chi connectivity index (χ1v) is 6.09. The molecule has 1 atom stereocenters. The van der Waals surface area contributed by atoms with Gasteiger partial charge in [0.05, 0.1) is 11.6 Å². The van der Waals surface area contributed by atoms with Crippen LogP contribution in [0, 0.1) is 0 Å². The standard InChI is InChI=1S/C14H15N3O3/c1-3-8-20-13(18)11-9(2)16-14(19)17-12(11)10-4-6-15-7-5-10/h3-7,12H,1,8H2,2H3,(H2,16,17,19)/t12-/m0/s1. The van der Waals surface area contributed by atoms with Crippen molar-refractivity contribution in [3.63, 3.8) is 0 Å². The zero-order valence-electron chi connectivity index (χ0n) is 11.1. The number of carbonyl (C=O) groups excluding carboxylic acids is 2. The molecule has 0 fully saturated rings. The largest absolute Gasteiger partial charge is 0.458 e. The van der Waals surface area contributed by atoms with Crippen molar-refractivity contribution in [3.05, 3.63) is 54.0 Å². The minimum Gasteiger partial charge on any atom is -0.458 e. The van der Waals surface area contributed by atoms with Crippen LogP contribution in [0.15, 0.2) is 48.5 Å².